The first-order valence-corrected chi connectivity index (χ1v) is 9.01. The lowest BCUT2D eigenvalue weighted by Gasteiger charge is -2.10. The van der Waals surface area contributed by atoms with Crippen molar-refractivity contribution in [3.63, 3.8) is 0 Å². The van der Waals surface area contributed by atoms with Gasteiger partial charge in [-0.2, -0.15) is 15.1 Å². The minimum absolute atomic E-state index is 0.296. The van der Waals surface area contributed by atoms with Gasteiger partial charge >= 0.3 is 0 Å². The summed E-state index contributed by atoms with van der Waals surface area (Å²) in [4.78, 5) is 23.5. The second-order valence-electron chi connectivity index (χ2n) is 6.10. The van der Waals surface area contributed by atoms with E-state index in [-0.39, 0.29) is 5.91 Å². The van der Waals surface area contributed by atoms with Gasteiger partial charge in [-0.25, -0.2) is 0 Å². The molecule has 4 aromatic rings. The fraction of sp³-hybridized carbons (Fsp3) is 0.100. The highest BCUT2D eigenvalue weighted by Crippen LogP contribution is 2.30. The van der Waals surface area contributed by atoms with Gasteiger partial charge in [0.15, 0.2) is 5.82 Å². The Balaban J connectivity index is 1.63. The zero-order chi connectivity index (χ0) is 20.2. The number of anilines is 3. The van der Waals surface area contributed by atoms with Crippen molar-refractivity contribution in [1.29, 1.82) is 0 Å². The molecule has 0 bridgehead atoms. The van der Waals surface area contributed by atoms with Crippen molar-refractivity contribution in [2.45, 2.75) is 13.5 Å². The molecule has 1 aromatic carbocycles. The normalized spacial score (nSPS) is 10.7. The van der Waals surface area contributed by atoms with E-state index in [0.717, 1.165) is 11.9 Å². The lowest BCUT2D eigenvalue weighted by Crippen LogP contribution is -2.07. The van der Waals surface area contributed by atoms with Crippen LogP contribution in [0.1, 0.15) is 6.92 Å². The second-order valence-corrected chi connectivity index (χ2v) is 6.10. The molecule has 9 heteroatoms. The molecule has 0 aliphatic carbocycles. The van der Waals surface area contributed by atoms with E-state index in [0.29, 0.717) is 34.7 Å². The van der Waals surface area contributed by atoms with Crippen LogP contribution in [0.4, 0.5) is 17.5 Å². The van der Waals surface area contributed by atoms with Gasteiger partial charge in [0.2, 0.25) is 17.7 Å². The third kappa shape index (κ3) is 4.08. The molecule has 146 valence electrons. The van der Waals surface area contributed by atoms with E-state index in [2.05, 4.69) is 37.3 Å². The van der Waals surface area contributed by atoms with Crippen molar-refractivity contribution < 1.29 is 9.53 Å². The van der Waals surface area contributed by atoms with Crippen molar-refractivity contribution in [2.75, 3.05) is 10.6 Å². The molecule has 0 aliphatic rings. The molecule has 0 saturated heterocycles. The Hall–Kier alpha value is -4.14. The van der Waals surface area contributed by atoms with E-state index in [4.69, 9.17) is 4.74 Å². The number of aromatic nitrogens is 5. The molecule has 0 aliphatic heterocycles. The summed E-state index contributed by atoms with van der Waals surface area (Å²) in [6, 6.07) is 10.7. The van der Waals surface area contributed by atoms with Gasteiger partial charge in [0.05, 0.1) is 5.39 Å². The highest BCUT2D eigenvalue weighted by molar-refractivity contribution is 5.99. The van der Waals surface area contributed by atoms with Crippen LogP contribution >= 0.6 is 0 Å². The molecule has 1 amide bonds. The zero-order valence-electron chi connectivity index (χ0n) is 15.7. The number of nitrogens with one attached hydrogen (secondary N) is 3. The van der Waals surface area contributed by atoms with Gasteiger partial charge in [-0.15, -0.1) is 0 Å². The molecule has 3 N–H and O–H groups in total. The van der Waals surface area contributed by atoms with Crippen molar-refractivity contribution in [3.8, 4) is 11.6 Å². The lowest BCUT2D eigenvalue weighted by molar-refractivity contribution is -0.111. The van der Waals surface area contributed by atoms with Crippen LogP contribution in [-0.4, -0.2) is 30.6 Å². The maximum absolute atomic E-state index is 11.5. The number of aromatic amines is 1. The Morgan fingerprint density at radius 1 is 1.31 bits per heavy atom. The highest BCUT2D eigenvalue weighted by Gasteiger charge is 2.12. The van der Waals surface area contributed by atoms with Crippen LogP contribution in [0.3, 0.4) is 0 Å². The zero-order valence-corrected chi connectivity index (χ0v) is 15.7. The number of benzene rings is 1. The number of fused-ring (bicyclic) bond motifs is 1. The maximum atomic E-state index is 11.5. The number of hydrogen-bond donors (Lipinski definition) is 3. The number of nitrogens with zero attached hydrogens (tertiary/aromatic N) is 4. The van der Waals surface area contributed by atoms with Crippen molar-refractivity contribution in [1.82, 2.24) is 24.7 Å². The summed E-state index contributed by atoms with van der Waals surface area (Å²) in [5, 5.41) is 10.9. The fourth-order valence-electron chi connectivity index (χ4n) is 2.71. The predicted molar refractivity (Wildman–Crippen MR) is 110 cm³/mol. The number of rotatable bonds is 7. The molecule has 0 saturated carbocycles. The Morgan fingerprint density at radius 3 is 3.00 bits per heavy atom. The van der Waals surface area contributed by atoms with E-state index < -0.39 is 0 Å². The van der Waals surface area contributed by atoms with Gasteiger partial charge < -0.3 is 20.4 Å². The average molecular weight is 389 g/mol. The number of H-pyrrole nitrogens is 1. The summed E-state index contributed by atoms with van der Waals surface area (Å²) < 4.78 is 7.80. The Labute approximate surface area is 166 Å². The van der Waals surface area contributed by atoms with Crippen LogP contribution in [0.2, 0.25) is 0 Å². The number of hydrogen-bond acceptors (Lipinski definition) is 6. The molecule has 4 rings (SSSR count). The second kappa shape index (κ2) is 7.85. The maximum Gasteiger partial charge on any atom is 0.247 e. The molecule has 9 nitrogen and oxygen atoms in total. The van der Waals surface area contributed by atoms with Crippen LogP contribution in [0, 0.1) is 0 Å². The Bertz CT molecular complexity index is 1180. The number of aryl methyl sites for hydroxylation is 1. The van der Waals surface area contributed by atoms with Gasteiger partial charge in [0.25, 0.3) is 0 Å². The quantitative estimate of drug-likeness (QED) is 0.414. The topological polar surface area (TPSA) is 110 Å². The van der Waals surface area contributed by atoms with E-state index in [1.54, 1.807) is 35.1 Å². The van der Waals surface area contributed by atoms with Gasteiger partial charge in [-0.3, -0.25) is 9.48 Å². The predicted octanol–water partition coefficient (Wildman–Crippen LogP) is 3.83. The largest absolute Gasteiger partial charge is 0.438 e. The molecule has 3 aromatic heterocycles. The van der Waals surface area contributed by atoms with Crippen molar-refractivity contribution >= 4 is 34.4 Å². The summed E-state index contributed by atoms with van der Waals surface area (Å²) in [6.45, 7) is 6.23. The summed E-state index contributed by atoms with van der Waals surface area (Å²) in [5.74, 6) is 1.59. The first-order valence-electron chi connectivity index (χ1n) is 9.01. The molecule has 0 radical (unpaired) electrons. The molecule has 0 fully saturated rings. The van der Waals surface area contributed by atoms with E-state index >= 15 is 0 Å². The summed E-state index contributed by atoms with van der Waals surface area (Å²) >= 11 is 0. The number of ether oxygens (including phenoxy) is 1. The van der Waals surface area contributed by atoms with Crippen LogP contribution in [0.15, 0.2) is 61.4 Å². The van der Waals surface area contributed by atoms with Crippen LogP contribution in [0.5, 0.6) is 11.6 Å². The van der Waals surface area contributed by atoms with Gasteiger partial charge in [-0.05, 0) is 31.2 Å². The smallest absolute Gasteiger partial charge is 0.247 e. The van der Waals surface area contributed by atoms with Crippen LogP contribution < -0.4 is 15.4 Å². The summed E-state index contributed by atoms with van der Waals surface area (Å²) in [6.07, 6.45) is 4.84. The van der Waals surface area contributed by atoms with E-state index in [1.807, 2.05) is 25.3 Å². The standard InChI is InChI=1S/C20H19N7O2/c1-3-17(28)22-13-6-5-7-14(12-13)29-19-15-8-10-21-18(15)24-20(25-19)23-16-9-11-27(4-2)26-16/h3,5-12H,1,4H2,2H3,(H,22,28)(H2,21,23,24,25,26). The first kappa shape index (κ1) is 18.2. The molecule has 0 spiro atoms. The summed E-state index contributed by atoms with van der Waals surface area (Å²) in [5.41, 5.74) is 1.22. The average Bonchev–Trinajstić information content (AvgIpc) is 3.37. The third-order valence-electron chi connectivity index (χ3n) is 4.09. The summed E-state index contributed by atoms with van der Waals surface area (Å²) in [7, 11) is 0. The molecule has 3 heterocycles. The van der Waals surface area contributed by atoms with E-state index in [1.165, 1.54) is 6.08 Å². The van der Waals surface area contributed by atoms with Crippen LogP contribution in [-0.2, 0) is 11.3 Å². The van der Waals surface area contributed by atoms with Crippen molar-refractivity contribution in [2.24, 2.45) is 0 Å². The van der Waals surface area contributed by atoms with Crippen LogP contribution in [0.25, 0.3) is 11.0 Å². The minimum atomic E-state index is -0.296. The van der Waals surface area contributed by atoms with Crippen molar-refractivity contribution in [3.05, 3.63) is 61.4 Å². The van der Waals surface area contributed by atoms with E-state index in [9.17, 15) is 4.79 Å². The molecular formula is C20H19N7O2. The third-order valence-corrected chi connectivity index (χ3v) is 4.09. The Morgan fingerprint density at radius 2 is 2.21 bits per heavy atom. The Kier molecular flexibility index (Phi) is 4.93. The minimum Gasteiger partial charge on any atom is -0.438 e. The SMILES string of the molecule is C=CC(=O)Nc1cccc(Oc2nc(Nc3ccn(CC)n3)nc3[nH]ccc23)c1. The first-order chi connectivity index (χ1) is 14.1. The molecule has 0 atom stereocenters. The lowest BCUT2D eigenvalue weighted by atomic mass is 10.3. The molecule has 29 heavy (non-hydrogen) atoms. The number of carbonyl (C=O) groups excluding carboxylic acids is 1. The van der Waals surface area contributed by atoms with Gasteiger partial charge in [-0.1, -0.05) is 12.6 Å². The van der Waals surface area contributed by atoms with Gasteiger partial charge in [0.1, 0.15) is 11.4 Å². The van der Waals surface area contributed by atoms with Gasteiger partial charge in [0, 0.05) is 36.8 Å². The monoisotopic (exact) mass is 389 g/mol. The highest BCUT2D eigenvalue weighted by atomic mass is 16.5. The fourth-order valence-corrected chi connectivity index (χ4v) is 2.71. The molecular weight excluding hydrogens is 370 g/mol. The number of amides is 1. The molecule has 0 unspecified atom stereocenters. The number of carbonyl (C=O) groups is 1.